The van der Waals surface area contributed by atoms with Crippen LogP contribution in [0.5, 0.6) is 0 Å². The van der Waals surface area contributed by atoms with Crippen molar-refractivity contribution in [3.63, 3.8) is 0 Å². The first-order valence-corrected chi connectivity index (χ1v) is 7.23. The maximum absolute atomic E-state index is 5.62. The molecule has 0 unspecified atom stereocenters. The predicted molar refractivity (Wildman–Crippen MR) is 83.9 cm³/mol. The summed E-state index contributed by atoms with van der Waals surface area (Å²) in [6.07, 6.45) is 1.07. The smallest absolute Gasteiger partial charge is 0.0641 e. The zero-order valence-electron chi connectivity index (χ0n) is 12.1. The number of hydrogen-bond donors (Lipinski definition) is 0. The summed E-state index contributed by atoms with van der Waals surface area (Å²) in [7, 11) is 0. The Morgan fingerprint density at radius 2 is 1.75 bits per heavy atom. The summed E-state index contributed by atoms with van der Waals surface area (Å²) in [5, 5.41) is 0. The van der Waals surface area contributed by atoms with E-state index in [1.54, 1.807) is 0 Å². The molecule has 2 aromatic carbocycles. The van der Waals surface area contributed by atoms with Gasteiger partial charge in [-0.1, -0.05) is 49.4 Å². The van der Waals surface area contributed by atoms with E-state index >= 15 is 0 Å². The molecule has 105 valence electrons. The van der Waals surface area contributed by atoms with Gasteiger partial charge in [-0.05, 0) is 30.2 Å². The van der Waals surface area contributed by atoms with E-state index in [-0.39, 0.29) is 0 Å². The van der Waals surface area contributed by atoms with Gasteiger partial charge >= 0.3 is 0 Å². The highest BCUT2D eigenvalue weighted by atomic mass is 16.5. The molecule has 0 aliphatic rings. The Morgan fingerprint density at radius 1 is 1.00 bits per heavy atom. The average molecular weight is 268 g/mol. The molecule has 0 amide bonds. The van der Waals surface area contributed by atoms with Gasteiger partial charge in [-0.3, -0.25) is 0 Å². The third-order valence-corrected chi connectivity index (χ3v) is 3.14. The van der Waals surface area contributed by atoms with Crippen molar-refractivity contribution < 1.29 is 4.74 Å². The van der Waals surface area contributed by atoms with Crippen LogP contribution in [0.1, 0.15) is 18.9 Å². The predicted octanol–water partition coefficient (Wildman–Crippen LogP) is 3.92. The summed E-state index contributed by atoms with van der Waals surface area (Å²) in [4.78, 5) is 2.35. The summed E-state index contributed by atoms with van der Waals surface area (Å²) >= 11 is 0. The van der Waals surface area contributed by atoms with Crippen molar-refractivity contribution >= 4 is 5.69 Å². The zero-order valence-corrected chi connectivity index (χ0v) is 12.1. The Bertz CT molecular complexity index is 469. The van der Waals surface area contributed by atoms with Crippen molar-refractivity contribution in [2.45, 2.75) is 19.9 Å². The number of anilines is 1. The standard InChI is InChI=1S/C18H22NO/c1-2-14-20-15-13-19(18-11-7-4-8-12-18)16-17-9-5-3-6-10-17/h3,5-12H,2,13-16H2,1H3. The molecule has 0 atom stereocenters. The summed E-state index contributed by atoms with van der Waals surface area (Å²) in [5.41, 5.74) is 2.53. The van der Waals surface area contributed by atoms with Crippen LogP contribution in [-0.4, -0.2) is 19.8 Å². The fourth-order valence-electron chi connectivity index (χ4n) is 2.11. The molecule has 0 heterocycles. The van der Waals surface area contributed by atoms with Crippen LogP contribution in [0.25, 0.3) is 0 Å². The Labute approximate surface area is 122 Å². The van der Waals surface area contributed by atoms with Gasteiger partial charge < -0.3 is 9.64 Å². The van der Waals surface area contributed by atoms with Crippen LogP contribution in [-0.2, 0) is 11.3 Å². The Balaban J connectivity index is 2.00. The van der Waals surface area contributed by atoms with Crippen LogP contribution in [0.15, 0.2) is 54.6 Å². The van der Waals surface area contributed by atoms with Gasteiger partial charge in [0.2, 0.25) is 0 Å². The molecule has 0 aliphatic heterocycles. The quantitative estimate of drug-likeness (QED) is 0.673. The first kappa shape index (κ1) is 14.6. The third kappa shape index (κ3) is 4.71. The lowest BCUT2D eigenvalue weighted by molar-refractivity contribution is 0.140. The SMILES string of the molecule is CCCOCCN(Cc1ccccc1)c1cc[c]cc1. The van der Waals surface area contributed by atoms with Crippen molar-refractivity contribution in [1.29, 1.82) is 0 Å². The molecule has 0 N–H and O–H groups in total. The van der Waals surface area contributed by atoms with Gasteiger partial charge in [0.05, 0.1) is 6.61 Å². The maximum Gasteiger partial charge on any atom is 0.0641 e. The minimum atomic E-state index is 0.763. The second kappa shape index (κ2) is 8.39. The Hall–Kier alpha value is -1.80. The summed E-state index contributed by atoms with van der Waals surface area (Å²) < 4.78 is 5.62. The second-order valence-corrected chi connectivity index (χ2v) is 4.78. The van der Waals surface area contributed by atoms with Crippen molar-refractivity contribution in [1.82, 2.24) is 0 Å². The highest BCUT2D eigenvalue weighted by molar-refractivity contribution is 5.46. The zero-order chi connectivity index (χ0) is 14.0. The number of hydrogen-bond acceptors (Lipinski definition) is 2. The van der Waals surface area contributed by atoms with Gasteiger partial charge in [0, 0.05) is 25.4 Å². The van der Waals surface area contributed by atoms with Crippen molar-refractivity contribution in [3.8, 4) is 0 Å². The highest BCUT2D eigenvalue weighted by Crippen LogP contribution is 2.16. The molecule has 0 saturated heterocycles. The van der Waals surface area contributed by atoms with Crippen LogP contribution >= 0.6 is 0 Å². The number of nitrogens with zero attached hydrogens (tertiary/aromatic N) is 1. The molecule has 0 aromatic heterocycles. The molecular weight excluding hydrogens is 246 g/mol. The Kier molecular flexibility index (Phi) is 6.12. The maximum atomic E-state index is 5.62. The summed E-state index contributed by atoms with van der Waals surface area (Å²) in [6, 6.07) is 21.7. The van der Waals surface area contributed by atoms with Crippen LogP contribution in [0.2, 0.25) is 0 Å². The van der Waals surface area contributed by atoms with E-state index in [2.05, 4.69) is 60.4 Å². The largest absolute Gasteiger partial charge is 0.380 e. The lowest BCUT2D eigenvalue weighted by atomic mass is 10.2. The summed E-state index contributed by atoms with van der Waals surface area (Å²) in [6.45, 7) is 5.54. The fraction of sp³-hybridized carbons (Fsp3) is 0.333. The minimum Gasteiger partial charge on any atom is -0.380 e. The molecule has 2 heteroatoms. The van der Waals surface area contributed by atoms with E-state index in [0.29, 0.717) is 0 Å². The van der Waals surface area contributed by atoms with Gasteiger partial charge in [-0.2, -0.15) is 0 Å². The van der Waals surface area contributed by atoms with Crippen LogP contribution < -0.4 is 4.90 Å². The molecular formula is C18H22NO. The molecule has 0 aliphatic carbocycles. The summed E-state index contributed by atoms with van der Waals surface area (Å²) in [5.74, 6) is 0. The van der Waals surface area contributed by atoms with Crippen LogP contribution in [0, 0.1) is 6.07 Å². The van der Waals surface area contributed by atoms with Gasteiger partial charge in [0.25, 0.3) is 0 Å². The molecule has 0 bridgehead atoms. The van der Waals surface area contributed by atoms with Crippen LogP contribution in [0.4, 0.5) is 5.69 Å². The topological polar surface area (TPSA) is 12.5 Å². The van der Waals surface area contributed by atoms with E-state index in [9.17, 15) is 0 Å². The van der Waals surface area contributed by atoms with Crippen molar-refractivity contribution in [3.05, 3.63) is 66.2 Å². The molecule has 2 aromatic rings. The Morgan fingerprint density at radius 3 is 2.45 bits per heavy atom. The van der Waals surface area contributed by atoms with E-state index < -0.39 is 0 Å². The van der Waals surface area contributed by atoms with Crippen LogP contribution in [0.3, 0.4) is 0 Å². The number of rotatable bonds is 8. The lowest BCUT2D eigenvalue weighted by Crippen LogP contribution is -2.27. The molecule has 0 saturated carbocycles. The minimum absolute atomic E-state index is 0.763. The van der Waals surface area contributed by atoms with Crippen molar-refractivity contribution in [2.24, 2.45) is 0 Å². The number of benzene rings is 2. The van der Waals surface area contributed by atoms with Gasteiger partial charge in [-0.25, -0.2) is 0 Å². The number of ether oxygens (including phenoxy) is 1. The first-order valence-electron chi connectivity index (χ1n) is 7.23. The second-order valence-electron chi connectivity index (χ2n) is 4.78. The van der Waals surface area contributed by atoms with Gasteiger partial charge in [0.1, 0.15) is 0 Å². The fourth-order valence-corrected chi connectivity index (χ4v) is 2.11. The van der Waals surface area contributed by atoms with E-state index in [4.69, 9.17) is 4.74 Å². The van der Waals surface area contributed by atoms with Crippen molar-refractivity contribution in [2.75, 3.05) is 24.7 Å². The van der Waals surface area contributed by atoms with E-state index in [1.807, 2.05) is 12.1 Å². The molecule has 0 spiro atoms. The monoisotopic (exact) mass is 268 g/mol. The molecule has 2 nitrogen and oxygen atoms in total. The normalized spacial score (nSPS) is 10.4. The van der Waals surface area contributed by atoms with Gasteiger partial charge in [-0.15, -0.1) is 0 Å². The third-order valence-electron chi connectivity index (χ3n) is 3.14. The van der Waals surface area contributed by atoms with E-state index in [0.717, 1.165) is 32.7 Å². The van der Waals surface area contributed by atoms with Gasteiger partial charge in [0.15, 0.2) is 0 Å². The average Bonchev–Trinajstić information content (AvgIpc) is 2.52. The lowest BCUT2D eigenvalue weighted by Gasteiger charge is -2.25. The molecule has 0 fully saturated rings. The molecule has 20 heavy (non-hydrogen) atoms. The molecule has 2 rings (SSSR count). The first-order chi connectivity index (χ1) is 9.90. The highest BCUT2D eigenvalue weighted by Gasteiger charge is 2.06. The molecule has 1 radical (unpaired) electrons. The van der Waals surface area contributed by atoms with E-state index in [1.165, 1.54) is 11.3 Å².